The minimum atomic E-state index is -0.587. The zero-order valence-corrected chi connectivity index (χ0v) is 24.6. The normalized spacial score (nSPS) is 11.8. The minimum Gasteiger partial charge on any atom is -0.314 e. The first kappa shape index (κ1) is 27.9. The molecule has 0 aliphatic rings. The molecule has 6 nitrogen and oxygen atoms in total. The van der Waals surface area contributed by atoms with Crippen molar-refractivity contribution in [3.8, 4) is 5.69 Å². The van der Waals surface area contributed by atoms with E-state index in [1.54, 1.807) is 39.8 Å². The number of amides is 2. The average molecular weight is 636 g/mol. The molecular formula is C31H25BrCl2N4O2. The summed E-state index contributed by atoms with van der Waals surface area (Å²) in [4.78, 5) is 34.3. The van der Waals surface area contributed by atoms with Gasteiger partial charge in [0.25, 0.3) is 5.56 Å². The fourth-order valence-electron chi connectivity index (χ4n) is 4.55. The van der Waals surface area contributed by atoms with Crippen molar-refractivity contribution in [1.82, 2.24) is 14.5 Å². The molecule has 0 saturated carbocycles. The highest BCUT2D eigenvalue weighted by atomic mass is 79.9. The van der Waals surface area contributed by atoms with E-state index < -0.39 is 6.04 Å². The third-order valence-corrected chi connectivity index (χ3v) is 7.72. The molecule has 1 atom stereocenters. The van der Waals surface area contributed by atoms with E-state index in [-0.39, 0.29) is 11.6 Å². The summed E-state index contributed by atoms with van der Waals surface area (Å²) >= 11 is 15.9. The van der Waals surface area contributed by atoms with Crippen molar-refractivity contribution in [2.75, 3.05) is 11.9 Å². The summed E-state index contributed by atoms with van der Waals surface area (Å²) in [5.74, 6) is 0.441. The van der Waals surface area contributed by atoms with Gasteiger partial charge in [0.15, 0.2) is 0 Å². The predicted octanol–water partition coefficient (Wildman–Crippen LogP) is 8.29. The number of aromatic nitrogens is 2. The number of benzene rings is 4. The molecule has 5 rings (SSSR count). The van der Waals surface area contributed by atoms with Crippen LogP contribution in [0.4, 0.5) is 10.5 Å². The van der Waals surface area contributed by atoms with Gasteiger partial charge in [-0.25, -0.2) is 9.78 Å². The summed E-state index contributed by atoms with van der Waals surface area (Å²) in [5.41, 5.74) is 2.52. The first-order chi connectivity index (χ1) is 19.3. The van der Waals surface area contributed by atoms with E-state index >= 15 is 0 Å². The number of carbonyl (C=O) groups excluding carboxylic acids is 1. The van der Waals surface area contributed by atoms with Crippen LogP contribution in [0.2, 0.25) is 10.0 Å². The number of hydrogen-bond acceptors (Lipinski definition) is 3. The highest BCUT2D eigenvalue weighted by Crippen LogP contribution is 2.28. The summed E-state index contributed by atoms with van der Waals surface area (Å²) < 4.78 is 2.47. The standard InChI is InChI=1S/C31H25BrCl2N4O2/c1-20(29-35-27-10-6-5-9-25(27)30(39)38(29)24-14-11-22(32)12-15-24)37(18-17-21-7-3-2-4-8-21)31(40)36-28-16-13-23(33)19-26(28)34/h2-16,19-20H,17-18H2,1H3,(H,36,40). The number of rotatable bonds is 7. The van der Waals surface area contributed by atoms with Crippen molar-refractivity contribution in [2.24, 2.45) is 0 Å². The molecule has 0 aliphatic carbocycles. The van der Waals surface area contributed by atoms with E-state index in [2.05, 4.69) is 21.2 Å². The molecule has 1 N–H and O–H groups in total. The molecule has 0 bridgehead atoms. The van der Waals surface area contributed by atoms with Crippen LogP contribution in [0.5, 0.6) is 0 Å². The zero-order valence-electron chi connectivity index (χ0n) is 21.5. The lowest BCUT2D eigenvalue weighted by Gasteiger charge is -2.31. The van der Waals surface area contributed by atoms with Crippen molar-refractivity contribution in [3.05, 3.63) is 133 Å². The first-order valence-electron chi connectivity index (χ1n) is 12.7. The largest absolute Gasteiger partial charge is 0.322 e. The Labute approximate surface area is 250 Å². The fraction of sp³-hybridized carbons (Fsp3) is 0.129. The third kappa shape index (κ3) is 6.07. The molecule has 1 aromatic heterocycles. The second kappa shape index (κ2) is 12.3. The van der Waals surface area contributed by atoms with Crippen molar-refractivity contribution in [3.63, 3.8) is 0 Å². The summed E-state index contributed by atoms with van der Waals surface area (Å²) in [7, 11) is 0. The van der Waals surface area contributed by atoms with Crippen molar-refractivity contribution >= 4 is 61.8 Å². The average Bonchev–Trinajstić information content (AvgIpc) is 2.96. The molecule has 0 fully saturated rings. The van der Waals surface area contributed by atoms with Crippen LogP contribution in [0.15, 0.2) is 106 Å². The molecule has 202 valence electrons. The van der Waals surface area contributed by atoms with Gasteiger partial charge in [0.05, 0.1) is 33.3 Å². The molecule has 1 unspecified atom stereocenters. The number of carbonyl (C=O) groups is 1. The zero-order chi connectivity index (χ0) is 28.2. The molecule has 9 heteroatoms. The Kier molecular flexibility index (Phi) is 8.54. The number of para-hydroxylation sites is 1. The van der Waals surface area contributed by atoms with Crippen molar-refractivity contribution in [1.29, 1.82) is 0 Å². The van der Waals surface area contributed by atoms with Gasteiger partial charge in [0, 0.05) is 16.0 Å². The van der Waals surface area contributed by atoms with Gasteiger partial charge < -0.3 is 10.2 Å². The van der Waals surface area contributed by atoms with Gasteiger partial charge >= 0.3 is 6.03 Å². The second-order valence-electron chi connectivity index (χ2n) is 9.26. The van der Waals surface area contributed by atoms with Crippen LogP contribution in [0.1, 0.15) is 24.4 Å². The van der Waals surface area contributed by atoms with E-state index in [0.29, 0.717) is 51.1 Å². The van der Waals surface area contributed by atoms with E-state index in [9.17, 15) is 9.59 Å². The molecule has 2 amide bonds. The van der Waals surface area contributed by atoms with Crippen LogP contribution >= 0.6 is 39.1 Å². The molecule has 5 aromatic rings. The maximum atomic E-state index is 13.8. The quantitative estimate of drug-likeness (QED) is 0.196. The molecule has 0 saturated heterocycles. The Bertz CT molecular complexity index is 1730. The van der Waals surface area contributed by atoms with E-state index in [1.165, 1.54) is 0 Å². The Morgan fingerprint density at radius 2 is 1.68 bits per heavy atom. The minimum absolute atomic E-state index is 0.209. The van der Waals surface area contributed by atoms with Gasteiger partial charge in [-0.3, -0.25) is 9.36 Å². The summed E-state index contributed by atoms with van der Waals surface area (Å²) in [6.45, 7) is 2.24. The topological polar surface area (TPSA) is 67.2 Å². The van der Waals surface area contributed by atoms with Gasteiger partial charge in [-0.05, 0) is 73.5 Å². The van der Waals surface area contributed by atoms with Crippen molar-refractivity contribution < 1.29 is 4.79 Å². The molecule has 40 heavy (non-hydrogen) atoms. The van der Waals surface area contributed by atoms with Crippen LogP contribution in [0, 0.1) is 0 Å². The van der Waals surface area contributed by atoms with Gasteiger partial charge in [-0.2, -0.15) is 0 Å². The Hall–Kier alpha value is -3.65. The van der Waals surface area contributed by atoms with Gasteiger partial charge in [-0.1, -0.05) is 81.6 Å². The lowest BCUT2D eigenvalue weighted by Crippen LogP contribution is -2.41. The second-order valence-corrected chi connectivity index (χ2v) is 11.0. The number of hydrogen-bond donors (Lipinski definition) is 1. The summed E-state index contributed by atoms with van der Waals surface area (Å²) in [6.07, 6.45) is 0.600. The maximum Gasteiger partial charge on any atom is 0.322 e. The van der Waals surface area contributed by atoms with Crippen molar-refractivity contribution in [2.45, 2.75) is 19.4 Å². The maximum absolute atomic E-state index is 13.8. The van der Waals surface area contributed by atoms with Crippen LogP contribution in [0.25, 0.3) is 16.6 Å². The number of nitrogens with zero attached hydrogens (tertiary/aromatic N) is 3. The number of anilines is 1. The van der Waals surface area contributed by atoms with Gasteiger partial charge in [0.2, 0.25) is 0 Å². The lowest BCUT2D eigenvalue weighted by molar-refractivity contribution is 0.190. The summed E-state index contributed by atoms with van der Waals surface area (Å²) in [6, 6.07) is 28.5. The first-order valence-corrected chi connectivity index (χ1v) is 14.2. The van der Waals surface area contributed by atoms with Gasteiger partial charge in [0.1, 0.15) is 5.82 Å². The number of fused-ring (bicyclic) bond motifs is 1. The number of halogens is 3. The fourth-order valence-corrected chi connectivity index (χ4v) is 5.27. The highest BCUT2D eigenvalue weighted by molar-refractivity contribution is 9.10. The Balaban J connectivity index is 1.60. The molecule has 0 radical (unpaired) electrons. The molecule has 0 spiro atoms. The molecular weight excluding hydrogens is 611 g/mol. The SMILES string of the molecule is CC(c1nc2ccccc2c(=O)n1-c1ccc(Br)cc1)N(CCc1ccccc1)C(=O)Nc1ccc(Cl)cc1Cl. The van der Waals surface area contributed by atoms with E-state index in [0.717, 1.165) is 10.0 Å². The summed E-state index contributed by atoms with van der Waals surface area (Å²) in [5, 5.41) is 4.21. The smallest absolute Gasteiger partial charge is 0.314 e. The van der Waals surface area contributed by atoms with Crippen LogP contribution in [-0.2, 0) is 6.42 Å². The van der Waals surface area contributed by atoms with Crippen LogP contribution in [-0.4, -0.2) is 27.0 Å². The van der Waals surface area contributed by atoms with Crippen LogP contribution < -0.4 is 10.9 Å². The molecule has 1 heterocycles. The van der Waals surface area contributed by atoms with E-state index in [4.69, 9.17) is 28.2 Å². The number of nitrogens with one attached hydrogen (secondary N) is 1. The monoisotopic (exact) mass is 634 g/mol. The predicted molar refractivity (Wildman–Crippen MR) is 166 cm³/mol. The third-order valence-electron chi connectivity index (χ3n) is 6.65. The van der Waals surface area contributed by atoms with Crippen LogP contribution in [0.3, 0.4) is 0 Å². The highest BCUT2D eigenvalue weighted by Gasteiger charge is 2.27. The molecule has 0 aliphatic heterocycles. The molecule has 4 aromatic carbocycles. The Morgan fingerprint density at radius 3 is 2.40 bits per heavy atom. The van der Waals surface area contributed by atoms with Gasteiger partial charge in [-0.15, -0.1) is 0 Å². The Morgan fingerprint density at radius 1 is 0.975 bits per heavy atom. The lowest BCUT2D eigenvalue weighted by atomic mass is 10.1. The number of urea groups is 1. The van der Waals surface area contributed by atoms with E-state index in [1.807, 2.05) is 73.7 Å².